The first-order chi connectivity index (χ1) is 15.0. The van der Waals surface area contributed by atoms with Gasteiger partial charge in [0.15, 0.2) is 0 Å². The number of aromatic nitrogens is 2. The molecule has 2 fully saturated rings. The molecule has 0 saturated heterocycles. The summed E-state index contributed by atoms with van der Waals surface area (Å²) in [5.74, 6) is 1.49. The molecule has 160 valence electrons. The van der Waals surface area contributed by atoms with Crippen molar-refractivity contribution in [1.29, 1.82) is 0 Å². The second-order valence-electron chi connectivity index (χ2n) is 8.64. The fourth-order valence-corrected chi connectivity index (χ4v) is 5.67. The molecule has 5 nitrogen and oxygen atoms in total. The summed E-state index contributed by atoms with van der Waals surface area (Å²) in [6, 6.07) is 12.5. The molecule has 1 heterocycles. The van der Waals surface area contributed by atoms with Crippen molar-refractivity contribution in [3.63, 3.8) is 0 Å². The second-order valence-corrected chi connectivity index (χ2v) is 9.52. The first kappa shape index (κ1) is 20.5. The molecule has 5 rings (SSSR count). The summed E-state index contributed by atoms with van der Waals surface area (Å²) in [5.41, 5.74) is 1.25. The Morgan fingerprint density at radius 2 is 1.81 bits per heavy atom. The number of hydrogen-bond donors (Lipinski definition) is 1. The molecule has 7 heteroatoms. The third-order valence-electron chi connectivity index (χ3n) is 6.95. The molecule has 31 heavy (non-hydrogen) atoms. The minimum absolute atomic E-state index is 0.00685. The average Bonchev–Trinajstić information content (AvgIpc) is 3.24. The van der Waals surface area contributed by atoms with Crippen LogP contribution in [0, 0.1) is 17.8 Å². The first-order valence-corrected chi connectivity index (χ1v) is 11.4. The van der Waals surface area contributed by atoms with Crippen LogP contribution in [0.2, 0.25) is 10.0 Å². The van der Waals surface area contributed by atoms with Gasteiger partial charge in [0, 0.05) is 27.7 Å². The number of carbonyl (C=O) groups is 1. The summed E-state index contributed by atoms with van der Waals surface area (Å²) >= 11 is 11.9. The van der Waals surface area contributed by atoms with E-state index in [2.05, 4.69) is 17.2 Å². The van der Waals surface area contributed by atoms with E-state index in [0.717, 1.165) is 19.3 Å². The van der Waals surface area contributed by atoms with Crippen molar-refractivity contribution in [2.24, 2.45) is 17.8 Å². The zero-order chi connectivity index (χ0) is 21.7. The summed E-state index contributed by atoms with van der Waals surface area (Å²) in [5, 5.41) is 5.01. The van der Waals surface area contributed by atoms with E-state index in [9.17, 15) is 9.59 Å². The van der Waals surface area contributed by atoms with E-state index in [4.69, 9.17) is 23.2 Å². The molecule has 2 aliphatic carbocycles. The predicted octanol–water partition coefficient (Wildman–Crippen LogP) is 5.11. The molecule has 0 spiro atoms. The van der Waals surface area contributed by atoms with E-state index >= 15 is 0 Å². The van der Waals surface area contributed by atoms with Crippen molar-refractivity contribution in [2.45, 2.75) is 38.3 Å². The van der Waals surface area contributed by atoms with Crippen LogP contribution in [0.3, 0.4) is 0 Å². The molecule has 0 bridgehead atoms. The van der Waals surface area contributed by atoms with E-state index in [1.807, 2.05) is 0 Å². The normalized spacial score (nSPS) is 25.3. The van der Waals surface area contributed by atoms with Crippen LogP contribution in [0.1, 0.15) is 42.6 Å². The summed E-state index contributed by atoms with van der Waals surface area (Å²) in [4.78, 5) is 30.0. The van der Waals surface area contributed by atoms with Gasteiger partial charge in [0.05, 0.1) is 17.2 Å². The number of halogens is 2. The monoisotopic (exact) mass is 455 g/mol. The van der Waals surface area contributed by atoms with Gasteiger partial charge >= 0.3 is 0 Å². The average molecular weight is 456 g/mol. The van der Waals surface area contributed by atoms with E-state index in [-0.39, 0.29) is 23.6 Å². The molecule has 1 N–H and O–H groups in total. The van der Waals surface area contributed by atoms with Gasteiger partial charge in [-0.05, 0) is 79.5 Å². The summed E-state index contributed by atoms with van der Waals surface area (Å²) in [6.07, 6.45) is 4.44. The fraction of sp³-hybridized carbons (Fsp3) is 0.375. The van der Waals surface area contributed by atoms with Gasteiger partial charge in [-0.25, -0.2) is 4.98 Å². The Hall–Kier alpha value is -2.37. The lowest BCUT2D eigenvalue weighted by atomic mass is 9.99. The van der Waals surface area contributed by atoms with Crippen molar-refractivity contribution < 1.29 is 4.79 Å². The molecular weight excluding hydrogens is 433 g/mol. The van der Waals surface area contributed by atoms with Crippen molar-refractivity contribution in [2.75, 3.05) is 0 Å². The SMILES string of the molecule is CCC(NC(=O)c1ccc(Cl)cc1)C1C2CC(n3cnc4cc(Cl)ccc4c3=O)CC21. The van der Waals surface area contributed by atoms with Crippen molar-refractivity contribution in [3.05, 3.63) is 74.8 Å². The number of benzene rings is 2. The maximum Gasteiger partial charge on any atom is 0.261 e. The molecule has 2 aromatic carbocycles. The highest BCUT2D eigenvalue weighted by atomic mass is 35.5. The van der Waals surface area contributed by atoms with Crippen LogP contribution < -0.4 is 10.9 Å². The Morgan fingerprint density at radius 3 is 2.48 bits per heavy atom. The topological polar surface area (TPSA) is 64.0 Å². The Morgan fingerprint density at radius 1 is 1.13 bits per heavy atom. The highest BCUT2D eigenvalue weighted by Crippen LogP contribution is 2.62. The summed E-state index contributed by atoms with van der Waals surface area (Å²) in [6.45, 7) is 2.11. The zero-order valence-corrected chi connectivity index (χ0v) is 18.6. The van der Waals surface area contributed by atoms with Crippen LogP contribution in [0.5, 0.6) is 0 Å². The maximum absolute atomic E-state index is 13.0. The Bertz CT molecular complexity index is 1200. The maximum atomic E-state index is 13.0. The van der Waals surface area contributed by atoms with Gasteiger partial charge in [-0.3, -0.25) is 14.2 Å². The molecule has 2 saturated carbocycles. The Labute approximate surface area is 190 Å². The van der Waals surface area contributed by atoms with E-state index < -0.39 is 0 Å². The third-order valence-corrected chi connectivity index (χ3v) is 7.44. The van der Waals surface area contributed by atoms with E-state index in [1.54, 1.807) is 53.4 Å². The van der Waals surface area contributed by atoms with Crippen LogP contribution in [-0.4, -0.2) is 21.5 Å². The highest BCUT2D eigenvalue weighted by Gasteiger charge is 2.59. The van der Waals surface area contributed by atoms with Gasteiger partial charge in [-0.1, -0.05) is 30.1 Å². The van der Waals surface area contributed by atoms with Gasteiger partial charge < -0.3 is 5.32 Å². The predicted molar refractivity (Wildman–Crippen MR) is 123 cm³/mol. The number of amides is 1. The molecule has 0 aliphatic heterocycles. The molecule has 3 aromatic rings. The van der Waals surface area contributed by atoms with Crippen LogP contribution in [0.15, 0.2) is 53.6 Å². The molecule has 0 radical (unpaired) electrons. The smallest absolute Gasteiger partial charge is 0.261 e. The van der Waals surface area contributed by atoms with Crippen LogP contribution in [0.4, 0.5) is 0 Å². The van der Waals surface area contributed by atoms with Crippen molar-refractivity contribution >= 4 is 40.0 Å². The lowest BCUT2D eigenvalue weighted by molar-refractivity contribution is 0.0927. The number of nitrogens with one attached hydrogen (secondary N) is 1. The van der Waals surface area contributed by atoms with Crippen LogP contribution in [-0.2, 0) is 0 Å². The number of rotatable bonds is 5. The Kier molecular flexibility index (Phi) is 5.27. The fourth-order valence-electron chi connectivity index (χ4n) is 5.38. The summed E-state index contributed by atoms with van der Waals surface area (Å²) < 4.78 is 1.78. The minimum Gasteiger partial charge on any atom is -0.349 e. The number of carbonyl (C=O) groups excluding carboxylic acids is 1. The van der Waals surface area contributed by atoms with Crippen LogP contribution >= 0.6 is 23.2 Å². The standard InChI is InChI=1S/C24H23Cl2N3O2/c1-2-20(28-23(30)13-3-5-14(25)6-4-13)22-18-10-16(11-19(18)22)29-12-27-21-9-15(26)7-8-17(21)24(29)31/h3-9,12,16,18-20,22H,2,10-11H2,1H3,(H,28,30). The van der Waals surface area contributed by atoms with E-state index in [1.165, 1.54) is 0 Å². The van der Waals surface area contributed by atoms with Gasteiger partial charge in [-0.15, -0.1) is 0 Å². The first-order valence-electron chi connectivity index (χ1n) is 10.7. The number of hydrogen-bond acceptors (Lipinski definition) is 3. The number of fused-ring (bicyclic) bond motifs is 2. The largest absolute Gasteiger partial charge is 0.349 e. The number of nitrogens with zero attached hydrogens (tertiary/aromatic N) is 2. The molecule has 3 unspecified atom stereocenters. The molecule has 2 aliphatic rings. The molecule has 3 atom stereocenters. The molecule has 1 amide bonds. The Balaban J connectivity index is 1.27. The second kappa shape index (κ2) is 7.95. The highest BCUT2D eigenvalue weighted by molar-refractivity contribution is 6.31. The quantitative estimate of drug-likeness (QED) is 0.581. The van der Waals surface area contributed by atoms with Gasteiger partial charge in [0.25, 0.3) is 11.5 Å². The summed E-state index contributed by atoms with van der Waals surface area (Å²) in [7, 11) is 0. The molecular formula is C24H23Cl2N3O2. The molecule has 1 aromatic heterocycles. The van der Waals surface area contributed by atoms with Gasteiger partial charge in [0.1, 0.15) is 0 Å². The third kappa shape index (κ3) is 3.74. The van der Waals surface area contributed by atoms with E-state index in [0.29, 0.717) is 44.3 Å². The lowest BCUT2D eigenvalue weighted by Crippen LogP contribution is -2.37. The van der Waals surface area contributed by atoms with Gasteiger partial charge in [-0.2, -0.15) is 0 Å². The van der Waals surface area contributed by atoms with Crippen molar-refractivity contribution in [1.82, 2.24) is 14.9 Å². The minimum atomic E-state index is -0.0568. The lowest BCUT2D eigenvalue weighted by Gasteiger charge is -2.22. The van der Waals surface area contributed by atoms with Gasteiger partial charge in [0.2, 0.25) is 0 Å². The van der Waals surface area contributed by atoms with Crippen molar-refractivity contribution in [3.8, 4) is 0 Å². The zero-order valence-electron chi connectivity index (χ0n) is 17.1. The van der Waals surface area contributed by atoms with Crippen LogP contribution in [0.25, 0.3) is 10.9 Å².